The van der Waals surface area contributed by atoms with Crippen molar-refractivity contribution < 1.29 is 0 Å². The van der Waals surface area contributed by atoms with Crippen LogP contribution in [0.15, 0.2) is 53.5 Å². The van der Waals surface area contributed by atoms with E-state index in [4.69, 9.17) is 23.2 Å². The number of aryl methyl sites for hydroxylation is 1. The van der Waals surface area contributed by atoms with Gasteiger partial charge in [-0.2, -0.15) is 0 Å². The summed E-state index contributed by atoms with van der Waals surface area (Å²) in [6, 6.07) is 12.9. The molecule has 2 aromatic carbocycles. The number of hydrogen-bond acceptors (Lipinski definition) is 2. The number of fused-ring (bicyclic) bond motifs is 3. The Hall–Kier alpha value is -2.30. The smallest absolute Gasteiger partial charge is 0.290 e. The minimum absolute atomic E-state index is 0.115. The molecule has 132 valence electrons. The van der Waals surface area contributed by atoms with Gasteiger partial charge in [0.2, 0.25) is 0 Å². The van der Waals surface area contributed by atoms with Gasteiger partial charge >= 0.3 is 5.69 Å². The van der Waals surface area contributed by atoms with Crippen LogP contribution in [0.3, 0.4) is 0 Å². The zero-order chi connectivity index (χ0) is 18.3. The molecule has 0 fully saturated rings. The van der Waals surface area contributed by atoms with Crippen molar-refractivity contribution in [2.75, 3.05) is 0 Å². The van der Waals surface area contributed by atoms with Gasteiger partial charge in [-0.05, 0) is 36.8 Å². The zero-order valence-electron chi connectivity index (χ0n) is 14.2. The lowest BCUT2D eigenvalue weighted by atomic mass is 10.2. The van der Waals surface area contributed by atoms with Gasteiger partial charge in [-0.15, -0.1) is 0 Å². The Balaban J connectivity index is 2.18. The number of para-hydroxylation sites is 1. The molecule has 0 unspecified atom stereocenters. The predicted molar refractivity (Wildman–Crippen MR) is 108 cm³/mol. The molecule has 4 aromatic rings. The van der Waals surface area contributed by atoms with E-state index in [1.54, 1.807) is 27.5 Å². The first-order chi connectivity index (χ1) is 12.6. The molecule has 0 N–H and O–H groups in total. The normalized spacial score (nSPS) is 11.5. The van der Waals surface area contributed by atoms with E-state index in [9.17, 15) is 4.79 Å². The van der Waals surface area contributed by atoms with Crippen LogP contribution in [0.4, 0.5) is 0 Å². The van der Waals surface area contributed by atoms with Crippen LogP contribution in [0.5, 0.6) is 0 Å². The summed E-state index contributed by atoms with van der Waals surface area (Å²) in [5.41, 5.74) is 2.91. The number of aromatic nitrogens is 3. The van der Waals surface area contributed by atoms with E-state index in [1.807, 2.05) is 30.3 Å². The van der Waals surface area contributed by atoms with E-state index in [0.29, 0.717) is 22.3 Å². The van der Waals surface area contributed by atoms with Crippen molar-refractivity contribution in [1.29, 1.82) is 0 Å². The summed E-state index contributed by atoms with van der Waals surface area (Å²) in [6.45, 7) is 2.74. The van der Waals surface area contributed by atoms with Gasteiger partial charge in [-0.1, -0.05) is 48.7 Å². The quantitative estimate of drug-likeness (QED) is 0.468. The highest BCUT2D eigenvalue weighted by atomic mass is 35.5. The molecule has 0 aliphatic heterocycles. The number of pyridine rings is 1. The molecule has 6 heteroatoms. The third-order valence-electron chi connectivity index (χ3n) is 4.55. The number of nitrogens with zero attached hydrogens (tertiary/aromatic N) is 3. The van der Waals surface area contributed by atoms with Gasteiger partial charge in [-0.25, -0.2) is 4.79 Å². The van der Waals surface area contributed by atoms with Gasteiger partial charge < -0.3 is 0 Å². The molecule has 2 heterocycles. The van der Waals surface area contributed by atoms with Gasteiger partial charge in [0.25, 0.3) is 0 Å². The average Bonchev–Trinajstić information content (AvgIpc) is 2.92. The van der Waals surface area contributed by atoms with Crippen molar-refractivity contribution in [2.45, 2.75) is 26.3 Å². The average molecular weight is 386 g/mol. The molecule has 4 rings (SSSR count). The highest BCUT2D eigenvalue weighted by molar-refractivity contribution is 6.32. The molecular formula is C20H17Cl2N3O. The molecule has 0 amide bonds. The van der Waals surface area contributed by atoms with Crippen LogP contribution in [0.25, 0.3) is 27.6 Å². The highest BCUT2D eigenvalue weighted by Gasteiger charge is 2.19. The van der Waals surface area contributed by atoms with Gasteiger partial charge in [0, 0.05) is 17.0 Å². The zero-order valence-corrected chi connectivity index (χ0v) is 15.8. The Morgan fingerprint density at radius 2 is 1.92 bits per heavy atom. The molecule has 2 aromatic heterocycles. The standard InChI is InChI=1S/C20H17Cl2N3O/c1-2-3-10-24-18-12-23-16-9-8-13(21)11-14(16)19(18)25(20(24)26)17-7-5-4-6-15(17)22/h4-9,11-12H,2-3,10H2,1H3. The second kappa shape index (κ2) is 6.78. The van der Waals surface area contributed by atoms with Gasteiger partial charge in [-0.3, -0.25) is 14.1 Å². The summed E-state index contributed by atoms with van der Waals surface area (Å²) in [5.74, 6) is 0. The first-order valence-corrected chi connectivity index (χ1v) is 9.32. The molecule has 0 bridgehead atoms. The second-order valence-corrected chi connectivity index (χ2v) is 7.07. The number of benzene rings is 2. The Kier molecular flexibility index (Phi) is 4.47. The van der Waals surface area contributed by atoms with Gasteiger partial charge in [0.1, 0.15) is 0 Å². The summed E-state index contributed by atoms with van der Waals surface area (Å²) >= 11 is 12.6. The Morgan fingerprint density at radius 1 is 1.12 bits per heavy atom. The van der Waals surface area contributed by atoms with Crippen molar-refractivity contribution in [3.63, 3.8) is 0 Å². The SMILES string of the molecule is CCCCn1c(=O)n(-c2ccccc2Cl)c2c3cc(Cl)ccc3ncc21. The third kappa shape index (κ3) is 2.70. The minimum atomic E-state index is -0.115. The van der Waals surface area contributed by atoms with E-state index >= 15 is 0 Å². The van der Waals surface area contributed by atoms with E-state index in [0.717, 1.165) is 34.8 Å². The molecule has 0 atom stereocenters. The van der Waals surface area contributed by atoms with Crippen molar-refractivity contribution in [1.82, 2.24) is 14.1 Å². The summed E-state index contributed by atoms with van der Waals surface area (Å²) in [4.78, 5) is 17.8. The summed E-state index contributed by atoms with van der Waals surface area (Å²) in [7, 11) is 0. The van der Waals surface area contributed by atoms with Crippen LogP contribution in [-0.2, 0) is 6.54 Å². The van der Waals surface area contributed by atoms with Crippen molar-refractivity contribution in [2.24, 2.45) is 0 Å². The number of rotatable bonds is 4. The van der Waals surface area contributed by atoms with Crippen molar-refractivity contribution >= 4 is 45.1 Å². The minimum Gasteiger partial charge on any atom is -0.290 e. The molecule has 0 aliphatic carbocycles. The van der Waals surface area contributed by atoms with E-state index in [2.05, 4.69) is 11.9 Å². The largest absolute Gasteiger partial charge is 0.333 e. The summed E-state index contributed by atoms with van der Waals surface area (Å²) in [6.07, 6.45) is 3.67. The molecule has 0 spiro atoms. The van der Waals surface area contributed by atoms with E-state index < -0.39 is 0 Å². The Labute approximate surface area is 160 Å². The maximum absolute atomic E-state index is 13.3. The first kappa shape index (κ1) is 17.1. The van der Waals surface area contributed by atoms with Gasteiger partial charge in [0.15, 0.2) is 0 Å². The molecule has 26 heavy (non-hydrogen) atoms. The fourth-order valence-corrected chi connectivity index (χ4v) is 3.67. The molecule has 0 radical (unpaired) electrons. The lowest BCUT2D eigenvalue weighted by molar-refractivity contribution is 0.622. The van der Waals surface area contributed by atoms with Crippen molar-refractivity contribution in [3.8, 4) is 5.69 Å². The molecular weight excluding hydrogens is 369 g/mol. The van der Waals surface area contributed by atoms with E-state index in [-0.39, 0.29) is 5.69 Å². The Morgan fingerprint density at radius 3 is 2.69 bits per heavy atom. The van der Waals surface area contributed by atoms with Crippen LogP contribution in [0, 0.1) is 0 Å². The monoisotopic (exact) mass is 385 g/mol. The van der Waals surface area contributed by atoms with Crippen LogP contribution in [-0.4, -0.2) is 14.1 Å². The summed E-state index contributed by atoms with van der Waals surface area (Å²) in [5, 5.41) is 1.96. The lowest BCUT2D eigenvalue weighted by Gasteiger charge is -2.07. The number of halogens is 2. The molecule has 4 nitrogen and oxygen atoms in total. The highest BCUT2D eigenvalue weighted by Crippen LogP contribution is 2.30. The van der Waals surface area contributed by atoms with Gasteiger partial charge in [0.05, 0.1) is 33.5 Å². The van der Waals surface area contributed by atoms with Crippen LogP contribution in [0.1, 0.15) is 19.8 Å². The first-order valence-electron chi connectivity index (χ1n) is 8.56. The maximum atomic E-state index is 13.3. The van der Waals surface area contributed by atoms with Crippen LogP contribution >= 0.6 is 23.2 Å². The fraction of sp³-hybridized carbons (Fsp3) is 0.200. The maximum Gasteiger partial charge on any atom is 0.333 e. The topological polar surface area (TPSA) is 39.8 Å². The summed E-state index contributed by atoms with van der Waals surface area (Å²) < 4.78 is 3.45. The van der Waals surface area contributed by atoms with Crippen LogP contribution < -0.4 is 5.69 Å². The molecule has 0 aliphatic rings. The van der Waals surface area contributed by atoms with Crippen molar-refractivity contribution in [3.05, 3.63) is 69.2 Å². The predicted octanol–water partition coefficient (Wildman–Crippen LogP) is 5.45. The number of imidazole rings is 1. The Bertz CT molecular complexity index is 1180. The number of unbranched alkanes of at least 4 members (excludes halogenated alkanes) is 1. The molecule has 0 saturated heterocycles. The number of hydrogen-bond donors (Lipinski definition) is 0. The van der Waals surface area contributed by atoms with E-state index in [1.165, 1.54) is 0 Å². The van der Waals surface area contributed by atoms with Crippen LogP contribution in [0.2, 0.25) is 10.0 Å². The molecule has 0 saturated carbocycles. The fourth-order valence-electron chi connectivity index (χ4n) is 3.28. The third-order valence-corrected chi connectivity index (χ3v) is 5.10. The lowest BCUT2D eigenvalue weighted by Crippen LogP contribution is -2.23. The second-order valence-electron chi connectivity index (χ2n) is 6.23.